The van der Waals surface area contributed by atoms with Crippen LogP contribution in [0.25, 0.3) is 10.9 Å². The molecule has 0 aliphatic heterocycles. The first-order chi connectivity index (χ1) is 10.0. The van der Waals surface area contributed by atoms with Gasteiger partial charge in [-0.3, -0.25) is 0 Å². The number of hydrogen-bond donors (Lipinski definition) is 2. The molecule has 3 N–H and O–H groups in total. The Morgan fingerprint density at radius 2 is 2.00 bits per heavy atom. The maximum Gasteiger partial charge on any atom is 0.141 e. The van der Waals surface area contributed by atoms with Gasteiger partial charge in [0.1, 0.15) is 18.0 Å². The van der Waals surface area contributed by atoms with Gasteiger partial charge in [0.15, 0.2) is 0 Å². The molecule has 0 fully saturated rings. The number of anilines is 3. The number of nitrogens with two attached hydrogens (primary N) is 1. The number of rotatable bonds is 2. The van der Waals surface area contributed by atoms with Gasteiger partial charge in [0.05, 0.1) is 9.99 Å². The molecule has 0 unspecified atom stereocenters. The van der Waals surface area contributed by atoms with Gasteiger partial charge in [0, 0.05) is 16.8 Å². The Morgan fingerprint density at radius 3 is 2.81 bits per heavy atom. The van der Waals surface area contributed by atoms with Gasteiger partial charge >= 0.3 is 0 Å². The van der Waals surface area contributed by atoms with E-state index in [9.17, 15) is 4.39 Å². The van der Waals surface area contributed by atoms with Crippen LogP contribution in [-0.2, 0) is 0 Å². The smallest absolute Gasteiger partial charge is 0.141 e. The predicted molar refractivity (Wildman–Crippen MR) is 86.1 cm³/mol. The highest BCUT2D eigenvalue weighted by Crippen LogP contribution is 2.29. The summed E-state index contributed by atoms with van der Waals surface area (Å²) in [6.45, 7) is 1.83. The zero-order valence-corrected chi connectivity index (χ0v) is 12.8. The minimum atomic E-state index is -0.296. The van der Waals surface area contributed by atoms with Crippen molar-refractivity contribution in [1.29, 1.82) is 0 Å². The fourth-order valence-electron chi connectivity index (χ4n) is 2.08. The lowest BCUT2D eigenvalue weighted by Crippen LogP contribution is -1.99. The number of nitrogens with zero attached hydrogens (tertiary/aromatic N) is 2. The first-order valence-electron chi connectivity index (χ1n) is 6.27. The highest BCUT2D eigenvalue weighted by molar-refractivity contribution is 9.10. The van der Waals surface area contributed by atoms with Crippen LogP contribution in [0.1, 0.15) is 5.56 Å². The topological polar surface area (TPSA) is 63.8 Å². The van der Waals surface area contributed by atoms with Crippen LogP contribution in [0.3, 0.4) is 0 Å². The molecule has 0 bridgehead atoms. The number of benzene rings is 2. The number of halogens is 2. The van der Waals surface area contributed by atoms with E-state index >= 15 is 0 Å². The summed E-state index contributed by atoms with van der Waals surface area (Å²) in [4.78, 5) is 8.45. The summed E-state index contributed by atoms with van der Waals surface area (Å²) >= 11 is 3.19. The third-order valence-electron chi connectivity index (χ3n) is 3.18. The van der Waals surface area contributed by atoms with E-state index in [4.69, 9.17) is 5.73 Å². The summed E-state index contributed by atoms with van der Waals surface area (Å²) in [7, 11) is 0. The Labute approximate surface area is 129 Å². The summed E-state index contributed by atoms with van der Waals surface area (Å²) < 4.78 is 13.9. The maximum absolute atomic E-state index is 13.5. The lowest BCUT2D eigenvalue weighted by atomic mass is 10.1. The van der Waals surface area contributed by atoms with Crippen molar-refractivity contribution < 1.29 is 4.39 Å². The van der Waals surface area contributed by atoms with Gasteiger partial charge < -0.3 is 11.1 Å². The normalized spacial score (nSPS) is 10.8. The fourth-order valence-corrected chi connectivity index (χ4v) is 2.43. The van der Waals surface area contributed by atoms with Crippen molar-refractivity contribution in [2.24, 2.45) is 0 Å². The van der Waals surface area contributed by atoms with E-state index in [1.807, 2.05) is 19.1 Å². The summed E-state index contributed by atoms with van der Waals surface area (Å²) in [5.41, 5.74) is 8.80. The monoisotopic (exact) mass is 346 g/mol. The summed E-state index contributed by atoms with van der Waals surface area (Å²) in [6, 6.07) is 8.59. The first-order valence-corrected chi connectivity index (χ1v) is 7.07. The molecule has 3 aromatic rings. The van der Waals surface area contributed by atoms with Crippen LogP contribution in [0.5, 0.6) is 0 Å². The molecule has 0 saturated carbocycles. The van der Waals surface area contributed by atoms with Crippen LogP contribution in [0.2, 0.25) is 0 Å². The van der Waals surface area contributed by atoms with Crippen molar-refractivity contribution in [2.45, 2.75) is 6.92 Å². The number of aryl methyl sites for hydroxylation is 1. The summed E-state index contributed by atoms with van der Waals surface area (Å²) in [5, 5.41) is 4.02. The Balaban J connectivity index is 2.10. The van der Waals surface area contributed by atoms with E-state index in [-0.39, 0.29) is 5.82 Å². The number of nitrogens with one attached hydrogen (secondary N) is 1. The minimum absolute atomic E-state index is 0.296. The summed E-state index contributed by atoms with van der Waals surface area (Å²) in [5.74, 6) is 0.337. The molecule has 0 aliphatic carbocycles. The molecule has 0 radical (unpaired) electrons. The zero-order chi connectivity index (χ0) is 15.0. The second kappa shape index (κ2) is 5.29. The summed E-state index contributed by atoms with van der Waals surface area (Å²) in [6.07, 6.45) is 1.48. The highest BCUT2D eigenvalue weighted by Gasteiger charge is 2.09. The van der Waals surface area contributed by atoms with E-state index in [0.29, 0.717) is 16.0 Å². The molecule has 1 aromatic heterocycles. The lowest BCUT2D eigenvalue weighted by molar-refractivity contribution is 0.620. The van der Waals surface area contributed by atoms with Gasteiger partial charge in [0.2, 0.25) is 0 Å². The molecule has 0 atom stereocenters. The zero-order valence-electron chi connectivity index (χ0n) is 11.2. The van der Waals surface area contributed by atoms with E-state index < -0.39 is 0 Å². The average molecular weight is 347 g/mol. The molecular formula is C15H12BrFN4. The third kappa shape index (κ3) is 2.67. The van der Waals surface area contributed by atoms with Crippen LogP contribution in [0.15, 0.2) is 41.1 Å². The molecule has 4 nitrogen and oxygen atoms in total. The van der Waals surface area contributed by atoms with Gasteiger partial charge in [-0.2, -0.15) is 0 Å². The molecule has 106 valence electrons. The van der Waals surface area contributed by atoms with Crippen LogP contribution >= 0.6 is 15.9 Å². The molecular weight excluding hydrogens is 335 g/mol. The largest absolute Gasteiger partial charge is 0.399 e. The van der Waals surface area contributed by atoms with Crippen molar-refractivity contribution >= 4 is 44.0 Å². The van der Waals surface area contributed by atoms with E-state index in [1.54, 1.807) is 12.1 Å². The predicted octanol–water partition coefficient (Wildman–Crippen LogP) is 4.17. The minimum Gasteiger partial charge on any atom is -0.399 e. The number of fused-ring (bicyclic) bond motifs is 1. The standard InChI is InChI=1S/C15H12BrFN4/c1-8-4-12(17)11(16)6-14(8)21-15-10-5-9(18)2-3-13(10)19-7-20-15/h2-7H,18H2,1H3,(H,19,20,21). The fraction of sp³-hybridized carbons (Fsp3) is 0.0667. The van der Waals surface area contributed by atoms with Crippen LogP contribution in [0.4, 0.5) is 21.6 Å². The van der Waals surface area contributed by atoms with Crippen LogP contribution in [0, 0.1) is 12.7 Å². The van der Waals surface area contributed by atoms with Gasteiger partial charge in [-0.05, 0) is 58.7 Å². The Hall–Kier alpha value is -2.21. The van der Waals surface area contributed by atoms with Crippen molar-refractivity contribution in [2.75, 3.05) is 11.1 Å². The van der Waals surface area contributed by atoms with Gasteiger partial charge in [-0.1, -0.05) is 0 Å². The number of nitrogen functional groups attached to an aromatic ring is 1. The number of hydrogen-bond acceptors (Lipinski definition) is 4. The van der Waals surface area contributed by atoms with Crippen LogP contribution < -0.4 is 11.1 Å². The van der Waals surface area contributed by atoms with Gasteiger partial charge in [0.25, 0.3) is 0 Å². The molecule has 0 spiro atoms. The highest BCUT2D eigenvalue weighted by atomic mass is 79.9. The van der Waals surface area contributed by atoms with Crippen molar-refractivity contribution in [3.8, 4) is 0 Å². The van der Waals surface area contributed by atoms with Gasteiger partial charge in [-0.15, -0.1) is 0 Å². The average Bonchev–Trinajstić information content (AvgIpc) is 2.45. The molecule has 3 rings (SSSR count). The third-order valence-corrected chi connectivity index (χ3v) is 3.79. The van der Waals surface area contributed by atoms with Gasteiger partial charge in [-0.25, -0.2) is 14.4 Å². The SMILES string of the molecule is Cc1cc(F)c(Br)cc1Nc1ncnc2ccc(N)cc12. The Kier molecular flexibility index (Phi) is 3.47. The molecule has 0 amide bonds. The Morgan fingerprint density at radius 1 is 1.19 bits per heavy atom. The van der Waals surface area contributed by atoms with Crippen molar-refractivity contribution in [1.82, 2.24) is 9.97 Å². The molecule has 0 saturated heterocycles. The molecule has 1 heterocycles. The van der Waals surface area contributed by atoms with Crippen molar-refractivity contribution in [3.05, 3.63) is 52.5 Å². The lowest BCUT2D eigenvalue weighted by Gasteiger charge is -2.12. The molecule has 6 heteroatoms. The Bertz CT molecular complexity index is 835. The molecule has 0 aliphatic rings. The maximum atomic E-state index is 13.5. The van der Waals surface area contributed by atoms with E-state index in [2.05, 4.69) is 31.2 Å². The number of aromatic nitrogens is 2. The second-order valence-corrected chi connectivity index (χ2v) is 5.56. The first kappa shape index (κ1) is 13.8. The van der Waals surface area contributed by atoms with E-state index in [1.165, 1.54) is 12.4 Å². The molecule has 2 aromatic carbocycles. The quantitative estimate of drug-likeness (QED) is 0.683. The van der Waals surface area contributed by atoms with Crippen LogP contribution in [-0.4, -0.2) is 9.97 Å². The van der Waals surface area contributed by atoms with Crippen molar-refractivity contribution in [3.63, 3.8) is 0 Å². The second-order valence-electron chi connectivity index (χ2n) is 4.71. The molecule has 21 heavy (non-hydrogen) atoms. The van der Waals surface area contributed by atoms with E-state index in [0.717, 1.165) is 22.2 Å².